The van der Waals surface area contributed by atoms with Gasteiger partial charge >= 0.3 is 7.12 Å². The number of rotatable bonds is 2. The molecule has 1 aromatic heterocycles. The van der Waals surface area contributed by atoms with Gasteiger partial charge in [-0.15, -0.1) is 11.3 Å². The number of thiophene rings is 1. The Hall–Kier alpha value is -0.875. The summed E-state index contributed by atoms with van der Waals surface area (Å²) in [6, 6.07) is 7.27. The Balaban J connectivity index is 2.54. The van der Waals surface area contributed by atoms with Gasteiger partial charge in [0.1, 0.15) is 0 Å². The molecule has 0 saturated heterocycles. The molecule has 2 rings (SSSR count). The quantitative estimate of drug-likeness (QED) is 0.612. The van der Waals surface area contributed by atoms with Crippen molar-refractivity contribution in [2.45, 2.75) is 6.61 Å². The summed E-state index contributed by atoms with van der Waals surface area (Å²) in [5.41, 5.74) is 0.828. The first kappa shape index (κ1) is 9.67. The number of hydrogen-bond acceptors (Lipinski definition) is 4. The molecule has 0 amide bonds. The van der Waals surface area contributed by atoms with E-state index in [0.717, 1.165) is 15.6 Å². The van der Waals surface area contributed by atoms with Gasteiger partial charge in [-0.2, -0.15) is 0 Å². The Kier molecular flexibility index (Phi) is 2.56. The first-order valence-corrected chi connectivity index (χ1v) is 5.01. The van der Waals surface area contributed by atoms with Gasteiger partial charge in [0.2, 0.25) is 0 Å². The number of hydrogen-bond donors (Lipinski definition) is 3. The van der Waals surface area contributed by atoms with E-state index >= 15 is 0 Å². The molecule has 0 spiro atoms. The van der Waals surface area contributed by atoms with E-state index in [9.17, 15) is 0 Å². The molecule has 0 bridgehead atoms. The van der Waals surface area contributed by atoms with Crippen molar-refractivity contribution in [2.75, 3.05) is 0 Å². The van der Waals surface area contributed by atoms with Crippen molar-refractivity contribution in [1.82, 2.24) is 0 Å². The molecule has 3 nitrogen and oxygen atoms in total. The smallest absolute Gasteiger partial charge is 0.423 e. The fraction of sp³-hybridized carbons (Fsp3) is 0.111. The highest BCUT2D eigenvalue weighted by Crippen LogP contribution is 2.20. The SMILES string of the molecule is OCc1ccc2sc(B(O)O)cc2c1. The van der Waals surface area contributed by atoms with E-state index in [4.69, 9.17) is 15.2 Å². The molecule has 0 saturated carbocycles. The van der Waals surface area contributed by atoms with E-state index in [1.54, 1.807) is 6.07 Å². The van der Waals surface area contributed by atoms with Crippen LogP contribution in [0, 0.1) is 0 Å². The largest absolute Gasteiger partial charge is 0.499 e. The van der Waals surface area contributed by atoms with Crippen LogP contribution in [0.4, 0.5) is 0 Å². The fourth-order valence-corrected chi connectivity index (χ4v) is 2.26. The summed E-state index contributed by atoms with van der Waals surface area (Å²) < 4.78 is 1.51. The van der Waals surface area contributed by atoms with Crippen molar-refractivity contribution < 1.29 is 15.2 Å². The van der Waals surface area contributed by atoms with E-state index in [0.29, 0.717) is 4.78 Å². The molecule has 72 valence electrons. The maximum absolute atomic E-state index is 8.97. The van der Waals surface area contributed by atoms with Crippen LogP contribution in [-0.2, 0) is 6.61 Å². The van der Waals surface area contributed by atoms with Crippen molar-refractivity contribution in [3.8, 4) is 0 Å². The zero-order valence-corrected chi connectivity index (χ0v) is 8.16. The molecule has 5 heteroatoms. The van der Waals surface area contributed by atoms with Crippen LogP contribution in [-0.4, -0.2) is 22.3 Å². The standard InChI is InChI=1S/C9H9BO3S/c11-5-6-1-2-8-7(3-6)4-9(14-8)10(12)13/h1-4,11-13H,5H2. The molecular formula is C9H9BO3S. The monoisotopic (exact) mass is 208 g/mol. The molecule has 0 aliphatic carbocycles. The summed E-state index contributed by atoms with van der Waals surface area (Å²) in [6.07, 6.45) is 0. The molecule has 14 heavy (non-hydrogen) atoms. The second-order valence-corrected chi connectivity index (χ2v) is 4.17. The molecule has 0 radical (unpaired) electrons. The zero-order chi connectivity index (χ0) is 10.1. The third kappa shape index (κ3) is 1.67. The molecular weight excluding hydrogens is 199 g/mol. The fourth-order valence-electron chi connectivity index (χ4n) is 1.34. The molecule has 2 aromatic rings. The Bertz CT molecular complexity index is 452. The van der Waals surface area contributed by atoms with Crippen LogP contribution >= 0.6 is 11.3 Å². The maximum atomic E-state index is 8.97. The lowest BCUT2D eigenvalue weighted by Crippen LogP contribution is -2.26. The van der Waals surface area contributed by atoms with Crippen LogP contribution < -0.4 is 4.78 Å². The van der Waals surface area contributed by atoms with Gasteiger partial charge in [0.15, 0.2) is 0 Å². The topological polar surface area (TPSA) is 60.7 Å². The average molecular weight is 208 g/mol. The number of aliphatic hydroxyl groups is 1. The summed E-state index contributed by atoms with van der Waals surface area (Å²) in [6.45, 7) is 0.00278. The summed E-state index contributed by atoms with van der Waals surface area (Å²) in [4.78, 5) is 0. The van der Waals surface area contributed by atoms with E-state index in [1.807, 2.05) is 18.2 Å². The summed E-state index contributed by atoms with van der Waals surface area (Å²) in [5.74, 6) is 0. The highest BCUT2D eigenvalue weighted by Gasteiger charge is 2.14. The normalized spacial score (nSPS) is 10.8. The molecule has 0 unspecified atom stereocenters. The third-order valence-corrected chi connectivity index (χ3v) is 3.19. The minimum absolute atomic E-state index is 0.00278. The molecule has 3 N–H and O–H groups in total. The number of benzene rings is 1. The van der Waals surface area contributed by atoms with E-state index < -0.39 is 7.12 Å². The third-order valence-electron chi connectivity index (χ3n) is 2.04. The lowest BCUT2D eigenvalue weighted by molar-refractivity contribution is 0.282. The van der Waals surface area contributed by atoms with Crippen molar-refractivity contribution in [3.63, 3.8) is 0 Å². The summed E-state index contributed by atoms with van der Waals surface area (Å²) >= 11 is 1.34. The van der Waals surface area contributed by atoms with Crippen LogP contribution in [0.5, 0.6) is 0 Å². The van der Waals surface area contributed by atoms with Gasteiger partial charge in [0, 0.05) is 9.48 Å². The van der Waals surface area contributed by atoms with Crippen LogP contribution in [0.15, 0.2) is 24.3 Å². The first-order chi connectivity index (χ1) is 6.70. The summed E-state index contributed by atoms with van der Waals surface area (Å²) in [5, 5.41) is 27.8. The van der Waals surface area contributed by atoms with Gasteiger partial charge in [-0.25, -0.2) is 0 Å². The Labute approximate surface area is 85.4 Å². The number of fused-ring (bicyclic) bond motifs is 1. The van der Waals surface area contributed by atoms with E-state index in [1.165, 1.54) is 11.3 Å². The van der Waals surface area contributed by atoms with Crippen molar-refractivity contribution in [1.29, 1.82) is 0 Å². The van der Waals surface area contributed by atoms with Crippen molar-refractivity contribution >= 4 is 33.3 Å². The van der Waals surface area contributed by atoms with E-state index in [-0.39, 0.29) is 6.61 Å². The van der Waals surface area contributed by atoms with Crippen LogP contribution in [0.2, 0.25) is 0 Å². The molecule has 0 atom stereocenters. The Morgan fingerprint density at radius 2 is 2.00 bits per heavy atom. The minimum Gasteiger partial charge on any atom is -0.423 e. The molecule has 0 aliphatic rings. The van der Waals surface area contributed by atoms with Gasteiger partial charge < -0.3 is 15.2 Å². The van der Waals surface area contributed by atoms with Gasteiger partial charge in [-0.1, -0.05) is 6.07 Å². The molecule has 1 aromatic carbocycles. The molecule has 0 aliphatic heterocycles. The predicted octanol–water partition coefficient (Wildman–Crippen LogP) is 0.0734. The van der Waals surface area contributed by atoms with Crippen molar-refractivity contribution in [3.05, 3.63) is 29.8 Å². The van der Waals surface area contributed by atoms with E-state index in [2.05, 4.69) is 0 Å². The van der Waals surface area contributed by atoms with Crippen molar-refractivity contribution in [2.24, 2.45) is 0 Å². The second kappa shape index (κ2) is 3.71. The maximum Gasteiger partial charge on any atom is 0.499 e. The van der Waals surface area contributed by atoms with Crippen LogP contribution in [0.3, 0.4) is 0 Å². The first-order valence-electron chi connectivity index (χ1n) is 4.20. The lowest BCUT2D eigenvalue weighted by Gasteiger charge is -1.94. The Morgan fingerprint density at radius 1 is 1.21 bits per heavy atom. The van der Waals surface area contributed by atoms with Crippen LogP contribution in [0.1, 0.15) is 5.56 Å². The minimum atomic E-state index is -1.41. The second-order valence-electron chi connectivity index (χ2n) is 3.05. The summed E-state index contributed by atoms with van der Waals surface area (Å²) in [7, 11) is -1.41. The highest BCUT2D eigenvalue weighted by molar-refractivity contribution is 7.27. The average Bonchev–Trinajstić information content (AvgIpc) is 2.59. The highest BCUT2D eigenvalue weighted by atomic mass is 32.1. The zero-order valence-electron chi connectivity index (χ0n) is 7.34. The van der Waals surface area contributed by atoms with Gasteiger partial charge in [0.25, 0.3) is 0 Å². The van der Waals surface area contributed by atoms with Gasteiger partial charge in [-0.3, -0.25) is 0 Å². The van der Waals surface area contributed by atoms with Gasteiger partial charge in [-0.05, 0) is 29.1 Å². The molecule has 1 heterocycles. The Morgan fingerprint density at radius 3 is 2.64 bits per heavy atom. The molecule has 0 fully saturated rings. The predicted molar refractivity (Wildman–Crippen MR) is 57.6 cm³/mol. The van der Waals surface area contributed by atoms with Gasteiger partial charge in [0.05, 0.1) is 6.61 Å². The lowest BCUT2D eigenvalue weighted by atomic mass is 9.89. The number of aliphatic hydroxyl groups excluding tert-OH is 1. The van der Waals surface area contributed by atoms with Crippen LogP contribution in [0.25, 0.3) is 10.1 Å².